The van der Waals surface area contributed by atoms with Crippen molar-refractivity contribution < 1.29 is 14.3 Å². The lowest BCUT2D eigenvalue weighted by atomic mass is 9.74. The Morgan fingerprint density at radius 3 is 2.77 bits per heavy atom. The van der Waals surface area contributed by atoms with E-state index in [9.17, 15) is 4.79 Å². The van der Waals surface area contributed by atoms with Crippen LogP contribution in [0.25, 0.3) is 11.1 Å². The Kier molecular flexibility index (Phi) is 6.93. The topological polar surface area (TPSA) is 50.8 Å². The standard InChI is InChI=1S/C26H34N2O3/c1-28-14-6-9-22(19-28)27-25(29)26(12-15-31-16-13-26)18-20-7-5-8-21(17-20)23-10-3-4-11-24(23)30-2/h3-5,7-8,10-11,17,22H,6,9,12-16,18-19H2,1-2H3,(H,27,29)/t22-/m0/s1. The number of amides is 1. The van der Waals surface area contributed by atoms with Crippen LogP contribution in [-0.2, 0) is 16.0 Å². The number of carbonyl (C=O) groups excluding carboxylic acids is 1. The van der Waals surface area contributed by atoms with E-state index in [4.69, 9.17) is 9.47 Å². The van der Waals surface area contributed by atoms with E-state index in [1.54, 1.807) is 7.11 Å². The minimum atomic E-state index is -0.409. The number of hydrogen-bond donors (Lipinski definition) is 1. The number of carbonyl (C=O) groups is 1. The highest BCUT2D eigenvalue weighted by Crippen LogP contribution is 2.37. The zero-order valence-corrected chi connectivity index (χ0v) is 18.7. The molecule has 0 aliphatic carbocycles. The third-order valence-electron chi connectivity index (χ3n) is 6.78. The molecule has 2 fully saturated rings. The lowest BCUT2D eigenvalue weighted by molar-refractivity contribution is -0.137. The van der Waals surface area contributed by atoms with E-state index < -0.39 is 5.41 Å². The molecule has 0 saturated carbocycles. The average molecular weight is 423 g/mol. The van der Waals surface area contributed by atoms with Crippen LogP contribution in [0, 0.1) is 5.41 Å². The summed E-state index contributed by atoms with van der Waals surface area (Å²) < 4.78 is 11.2. The number of ether oxygens (including phenoxy) is 2. The van der Waals surface area contributed by atoms with Crippen LogP contribution in [0.5, 0.6) is 5.75 Å². The molecule has 2 aliphatic rings. The molecule has 2 aromatic carbocycles. The maximum Gasteiger partial charge on any atom is 0.226 e. The summed E-state index contributed by atoms with van der Waals surface area (Å²) in [6, 6.07) is 16.8. The van der Waals surface area contributed by atoms with Crippen LogP contribution < -0.4 is 10.1 Å². The zero-order chi connectivity index (χ0) is 21.7. The van der Waals surface area contributed by atoms with Gasteiger partial charge in [-0.15, -0.1) is 0 Å². The number of benzene rings is 2. The van der Waals surface area contributed by atoms with E-state index in [1.165, 1.54) is 5.56 Å². The number of nitrogens with one attached hydrogen (secondary N) is 1. The number of piperidine rings is 1. The van der Waals surface area contributed by atoms with Crippen molar-refractivity contribution in [3.05, 3.63) is 54.1 Å². The largest absolute Gasteiger partial charge is 0.496 e. The average Bonchev–Trinajstić information content (AvgIpc) is 2.80. The molecule has 0 unspecified atom stereocenters. The van der Waals surface area contributed by atoms with Gasteiger partial charge in [0.05, 0.1) is 12.5 Å². The van der Waals surface area contributed by atoms with Crippen molar-refractivity contribution in [1.29, 1.82) is 0 Å². The maximum absolute atomic E-state index is 13.5. The van der Waals surface area contributed by atoms with Crippen LogP contribution in [-0.4, -0.2) is 57.3 Å². The Bertz CT molecular complexity index is 892. The van der Waals surface area contributed by atoms with Gasteiger partial charge in [0.15, 0.2) is 0 Å². The summed E-state index contributed by atoms with van der Waals surface area (Å²) in [4.78, 5) is 15.9. The predicted molar refractivity (Wildman–Crippen MR) is 123 cm³/mol. The van der Waals surface area contributed by atoms with E-state index in [2.05, 4.69) is 47.6 Å². The van der Waals surface area contributed by atoms with Crippen LogP contribution in [0.15, 0.2) is 48.5 Å². The van der Waals surface area contributed by atoms with Crippen LogP contribution >= 0.6 is 0 Å². The van der Waals surface area contributed by atoms with Gasteiger partial charge in [0.2, 0.25) is 5.91 Å². The van der Waals surface area contributed by atoms with Gasteiger partial charge in [-0.05, 0) is 62.9 Å². The van der Waals surface area contributed by atoms with Crippen LogP contribution in [0.4, 0.5) is 0 Å². The molecule has 1 N–H and O–H groups in total. The van der Waals surface area contributed by atoms with Gasteiger partial charge in [-0.25, -0.2) is 0 Å². The molecule has 31 heavy (non-hydrogen) atoms. The second-order valence-electron chi connectivity index (χ2n) is 9.04. The lowest BCUT2D eigenvalue weighted by Crippen LogP contribution is -2.53. The fourth-order valence-corrected chi connectivity index (χ4v) is 4.99. The molecule has 4 rings (SSSR count). The van der Waals surface area contributed by atoms with Crippen molar-refractivity contribution in [2.45, 2.75) is 38.1 Å². The molecule has 2 aromatic rings. The van der Waals surface area contributed by atoms with Crippen molar-refractivity contribution >= 4 is 5.91 Å². The Hall–Kier alpha value is -2.37. The van der Waals surface area contributed by atoms with Gasteiger partial charge < -0.3 is 19.7 Å². The zero-order valence-electron chi connectivity index (χ0n) is 18.7. The Morgan fingerprint density at radius 1 is 1.19 bits per heavy atom. The summed E-state index contributed by atoms with van der Waals surface area (Å²) in [5, 5.41) is 3.39. The van der Waals surface area contributed by atoms with Crippen molar-refractivity contribution in [2.75, 3.05) is 40.5 Å². The second kappa shape index (κ2) is 9.84. The number of rotatable bonds is 6. The van der Waals surface area contributed by atoms with E-state index in [0.29, 0.717) is 13.2 Å². The summed E-state index contributed by atoms with van der Waals surface area (Å²) in [7, 11) is 3.83. The molecule has 0 spiro atoms. The molecule has 5 nitrogen and oxygen atoms in total. The molecule has 0 bridgehead atoms. The lowest BCUT2D eigenvalue weighted by Gasteiger charge is -2.39. The maximum atomic E-state index is 13.5. The Morgan fingerprint density at radius 2 is 2.00 bits per heavy atom. The fraction of sp³-hybridized carbons (Fsp3) is 0.500. The van der Waals surface area contributed by atoms with E-state index in [-0.39, 0.29) is 11.9 Å². The molecule has 1 amide bonds. The first-order valence-corrected chi connectivity index (χ1v) is 11.4. The normalized spacial score (nSPS) is 21.4. The monoisotopic (exact) mass is 422 g/mol. The highest BCUT2D eigenvalue weighted by molar-refractivity contribution is 5.83. The van der Waals surface area contributed by atoms with Crippen LogP contribution in [0.3, 0.4) is 0 Å². The molecular weight excluding hydrogens is 388 g/mol. The molecule has 2 saturated heterocycles. The number of nitrogens with zero attached hydrogens (tertiary/aromatic N) is 1. The number of hydrogen-bond acceptors (Lipinski definition) is 4. The first kappa shape index (κ1) is 21.8. The molecular formula is C26H34N2O3. The van der Waals surface area contributed by atoms with E-state index >= 15 is 0 Å². The highest BCUT2D eigenvalue weighted by atomic mass is 16.5. The van der Waals surface area contributed by atoms with Gasteiger partial charge >= 0.3 is 0 Å². The van der Waals surface area contributed by atoms with Crippen LogP contribution in [0.1, 0.15) is 31.2 Å². The molecule has 5 heteroatoms. The molecule has 1 atom stereocenters. The smallest absolute Gasteiger partial charge is 0.226 e. The van der Waals surface area contributed by atoms with Gasteiger partial charge in [0, 0.05) is 31.4 Å². The third kappa shape index (κ3) is 5.10. The quantitative estimate of drug-likeness (QED) is 0.767. The number of likely N-dealkylation sites (N-methyl/N-ethyl adjacent to an activating group) is 1. The Balaban J connectivity index is 1.56. The molecule has 2 aliphatic heterocycles. The SMILES string of the molecule is COc1ccccc1-c1cccc(CC2(C(=O)N[C@H]3CCCN(C)C3)CCOCC2)c1. The minimum absolute atomic E-state index is 0.193. The first-order chi connectivity index (χ1) is 15.1. The van der Waals surface area contributed by atoms with Gasteiger partial charge in [0.25, 0.3) is 0 Å². The molecule has 2 heterocycles. The van der Waals surface area contributed by atoms with Crippen molar-refractivity contribution in [3.8, 4) is 16.9 Å². The fourth-order valence-electron chi connectivity index (χ4n) is 4.99. The summed E-state index contributed by atoms with van der Waals surface area (Å²) in [6.45, 7) is 3.33. The van der Waals surface area contributed by atoms with E-state index in [1.807, 2.05) is 18.2 Å². The summed E-state index contributed by atoms with van der Waals surface area (Å²) >= 11 is 0. The second-order valence-corrected chi connectivity index (χ2v) is 9.04. The molecule has 166 valence electrons. The Labute approximate surface area is 185 Å². The van der Waals surface area contributed by atoms with Gasteiger partial charge in [-0.2, -0.15) is 0 Å². The van der Waals surface area contributed by atoms with Gasteiger partial charge in [-0.3, -0.25) is 4.79 Å². The third-order valence-corrected chi connectivity index (χ3v) is 6.78. The van der Waals surface area contributed by atoms with Crippen LogP contribution in [0.2, 0.25) is 0 Å². The van der Waals surface area contributed by atoms with E-state index in [0.717, 1.165) is 62.1 Å². The molecule has 0 aromatic heterocycles. The van der Waals surface area contributed by atoms with Gasteiger partial charge in [0.1, 0.15) is 5.75 Å². The van der Waals surface area contributed by atoms with Crippen molar-refractivity contribution in [2.24, 2.45) is 5.41 Å². The summed E-state index contributed by atoms with van der Waals surface area (Å²) in [6.07, 6.45) is 4.46. The van der Waals surface area contributed by atoms with Crippen molar-refractivity contribution in [3.63, 3.8) is 0 Å². The molecule has 0 radical (unpaired) electrons. The number of likely N-dealkylation sites (tertiary alicyclic amines) is 1. The first-order valence-electron chi connectivity index (χ1n) is 11.4. The number of para-hydroxylation sites is 1. The summed E-state index contributed by atoms with van der Waals surface area (Å²) in [5.74, 6) is 1.05. The highest BCUT2D eigenvalue weighted by Gasteiger charge is 2.41. The van der Waals surface area contributed by atoms with Crippen molar-refractivity contribution in [1.82, 2.24) is 10.2 Å². The van der Waals surface area contributed by atoms with Gasteiger partial charge in [-0.1, -0.05) is 42.5 Å². The minimum Gasteiger partial charge on any atom is -0.496 e. The predicted octanol–water partition coefficient (Wildman–Crippen LogP) is 3.91. The number of methoxy groups -OCH3 is 1. The summed E-state index contributed by atoms with van der Waals surface area (Å²) in [5.41, 5.74) is 2.96.